The SMILES string of the molecule is ClC(CC1CCCC1)c1ccc2c(c1)CCC2. The molecule has 1 fully saturated rings. The summed E-state index contributed by atoms with van der Waals surface area (Å²) in [4.78, 5) is 0. The average Bonchev–Trinajstić information content (AvgIpc) is 2.97. The second-order valence-corrected chi connectivity index (χ2v) is 6.26. The normalized spacial score (nSPS) is 21.7. The van der Waals surface area contributed by atoms with E-state index in [-0.39, 0.29) is 5.38 Å². The fraction of sp³-hybridized carbons (Fsp3) is 0.625. The Morgan fingerprint density at radius 2 is 1.82 bits per heavy atom. The first-order chi connectivity index (χ1) is 8.33. The van der Waals surface area contributed by atoms with Crippen LogP contribution in [0.2, 0.25) is 0 Å². The van der Waals surface area contributed by atoms with Gasteiger partial charge in [-0.25, -0.2) is 0 Å². The lowest BCUT2D eigenvalue weighted by molar-refractivity contribution is 0.495. The Bertz CT molecular complexity index is 391. The van der Waals surface area contributed by atoms with Crippen LogP contribution in [0.15, 0.2) is 18.2 Å². The second-order valence-electron chi connectivity index (χ2n) is 5.74. The molecule has 0 amide bonds. The Morgan fingerprint density at radius 3 is 2.65 bits per heavy atom. The predicted molar refractivity (Wildman–Crippen MR) is 73.6 cm³/mol. The summed E-state index contributed by atoms with van der Waals surface area (Å²) in [5.41, 5.74) is 4.47. The summed E-state index contributed by atoms with van der Waals surface area (Å²) in [5, 5.41) is 0.240. The summed E-state index contributed by atoms with van der Waals surface area (Å²) < 4.78 is 0. The third kappa shape index (κ3) is 2.52. The van der Waals surface area contributed by atoms with Crippen LogP contribution in [0.1, 0.15) is 60.6 Å². The number of alkyl halides is 1. The molecule has 1 unspecified atom stereocenters. The highest BCUT2D eigenvalue weighted by Gasteiger charge is 2.21. The molecule has 0 N–H and O–H groups in total. The first-order valence-electron chi connectivity index (χ1n) is 7.09. The number of benzene rings is 1. The number of rotatable bonds is 3. The molecule has 2 aliphatic rings. The standard InChI is InChI=1S/C16H21Cl/c17-16(10-12-4-1-2-5-12)15-9-8-13-6-3-7-14(13)11-15/h8-9,11-12,16H,1-7,10H2. The van der Waals surface area contributed by atoms with Gasteiger partial charge in [0.05, 0.1) is 5.38 Å². The molecule has 0 nitrogen and oxygen atoms in total. The van der Waals surface area contributed by atoms with Crippen molar-refractivity contribution in [1.82, 2.24) is 0 Å². The number of aryl methyl sites for hydroxylation is 2. The highest BCUT2D eigenvalue weighted by molar-refractivity contribution is 6.20. The summed E-state index contributed by atoms with van der Waals surface area (Å²) >= 11 is 6.59. The summed E-state index contributed by atoms with van der Waals surface area (Å²) in [6, 6.07) is 6.94. The van der Waals surface area contributed by atoms with Crippen LogP contribution in [0.4, 0.5) is 0 Å². The Kier molecular flexibility index (Phi) is 3.42. The maximum atomic E-state index is 6.59. The minimum atomic E-state index is 0.240. The summed E-state index contributed by atoms with van der Waals surface area (Å²) in [6.45, 7) is 0. The molecule has 2 aliphatic carbocycles. The molecule has 0 saturated heterocycles. The molecule has 0 aromatic heterocycles. The van der Waals surface area contributed by atoms with Crippen molar-refractivity contribution >= 4 is 11.6 Å². The Labute approximate surface area is 109 Å². The van der Waals surface area contributed by atoms with E-state index >= 15 is 0 Å². The number of halogens is 1. The lowest BCUT2D eigenvalue weighted by Crippen LogP contribution is -2.00. The molecule has 0 bridgehead atoms. The van der Waals surface area contributed by atoms with Crippen LogP contribution < -0.4 is 0 Å². The molecule has 0 radical (unpaired) electrons. The lowest BCUT2D eigenvalue weighted by Gasteiger charge is -2.15. The van der Waals surface area contributed by atoms with E-state index in [1.54, 1.807) is 11.1 Å². The Balaban J connectivity index is 1.70. The van der Waals surface area contributed by atoms with E-state index in [2.05, 4.69) is 18.2 Å². The molecule has 1 heteroatoms. The van der Waals surface area contributed by atoms with Gasteiger partial charge in [-0.05, 0) is 48.3 Å². The molecule has 0 aliphatic heterocycles. The van der Waals surface area contributed by atoms with Crippen LogP contribution in [0.3, 0.4) is 0 Å². The van der Waals surface area contributed by atoms with Crippen LogP contribution in [-0.2, 0) is 12.8 Å². The third-order valence-corrected chi connectivity index (χ3v) is 4.93. The van der Waals surface area contributed by atoms with E-state index in [0.717, 1.165) is 5.92 Å². The smallest absolute Gasteiger partial charge is 0.0588 e. The van der Waals surface area contributed by atoms with Gasteiger partial charge in [-0.15, -0.1) is 11.6 Å². The molecular weight excluding hydrogens is 228 g/mol. The maximum absolute atomic E-state index is 6.59. The average molecular weight is 249 g/mol. The summed E-state index contributed by atoms with van der Waals surface area (Å²) in [5.74, 6) is 0.880. The maximum Gasteiger partial charge on any atom is 0.0588 e. The molecule has 92 valence electrons. The molecule has 0 spiro atoms. The van der Waals surface area contributed by atoms with Crippen LogP contribution >= 0.6 is 11.6 Å². The topological polar surface area (TPSA) is 0 Å². The number of fused-ring (bicyclic) bond motifs is 1. The number of hydrogen-bond acceptors (Lipinski definition) is 0. The molecular formula is C16H21Cl. The van der Waals surface area contributed by atoms with Gasteiger partial charge in [0.1, 0.15) is 0 Å². The largest absolute Gasteiger partial charge is 0.118 e. The van der Waals surface area contributed by atoms with E-state index in [0.29, 0.717) is 0 Å². The van der Waals surface area contributed by atoms with Crippen molar-refractivity contribution in [2.45, 2.75) is 56.7 Å². The van der Waals surface area contributed by atoms with Gasteiger partial charge in [0.2, 0.25) is 0 Å². The third-order valence-electron chi connectivity index (χ3n) is 4.50. The van der Waals surface area contributed by atoms with Crippen molar-refractivity contribution in [2.24, 2.45) is 5.92 Å². The van der Waals surface area contributed by atoms with Crippen molar-refractivity contribution in [1.29, 1.82) is 0 Å². The van der Waals surface area contributed by atoms with E-state index in [4.69, 9.17) is 11.6 Å². The zero-order chi connectivity index (χ0) is 11.7. The van der Waals surface area contributed by atoms with Crippen LogP contribution in [-0.4, -0.2) is 0 Å². The first kappa shape index (κ1) is 11.6. The van der Waals surface area contributed by atoms with Crippen LogP contribution in [0.25, 0.3) is 0 Å². The van der Waals surface area contributed by atoms with Crippen LogP contribution in [0, 0.1) is 5.92 Å². The minimum Gasteiger partial charge on any atom is -0.118 e. The summed E-state index contributed by atoms with van der Waals surface area (Å²) in [6.07, 6.45) is 10.7. The van der Waals surface area contributed by atoms with Crippen molar-refractivity contribution in [3.63, 3.8) is 0 Å². The predicted octanol–water partition coefficient (Wildman–Crippen LogP) is 5.04. The molecule has 1 aromatic rings. The Hall–Kier alpha value is -0.490. The van der Waals surface area contributed by atoms with Gasteiger partial charge < -0.3 is 0 Å². The quantitative estimate of drug-likeness (QED) is 0.658. The van der Waals surface area contributed by atoms with E-state index in [1.165, 1.54) is 56.9 Å². The second kappa shape index (κ2) is 5.02. The molecule has 3 rings (SSSR count). The molecule has 1 atom stereocenters. The fourth-order valence-electron chi connectivity index (χ4n) is 3.46. The highest BCUT2D eigenvalue weighted by Crippen LogP contribution is 2.37. The van der Waals surface area contributed by atoms with Crippen molar-refractivity contribution in [3.05, 3.63) is 34.9 Å². The molecule has 0 heterocycles. The lowest BCUT2D eigenvalue weighted by atomic mass is 9.96. The van der Waals surface area contributed by atoms with Crippen molar-refractivity contribution in [3.8, 4) is 0 Å². The van der Waals surface area contributed by atoms with Gasteiger partial charge in [0, 0.05) is 0 Å². The first-order valence-corrected chi connectivity index (χ1v) is 7.52. The van der Waals surface area contributed by atoms with E-state index in [1.807, 2.05) is 0 Å². The van der Waals surface area contributed by atoms with Crippen molar-refractivity contribution in [2.75, 3.05) is 0 Å². The van der Waals surface area contributed by atoms with E-state index in [9.17, 15) is 0 Å². The zero-order valence-corrected chi connectivity index (χ0v) is 11.2. The van der Waals surface area contributed by atoms with Gasteiger partial charge in [0.15, 0.2) is 0 Å². The van der Waals surface area contributed by atoms with E-state index < -0.39 is 0 Å². The minimum absolute atomic E-state index is 0.240. The summed E-state index contributed by atoms with van der Waals surface area (Å²) in [7, 11) is 0. The van der Waals surface area contributed by atoms with Gasteiger partial charge in [-0.2, -0.15) is 0 Å². The van der Waals surface area contributed by atoms with Gasteiger partial charge in [-0.1, -0.05) is 43.9 Å². The van der Waals surface area contributed by atoms with Gasteiger partial charge in [0.25, 0.3) is 0 Å². The molecule has 1 aromatic carbocycles. The van der Waals surface area contributed by atoms with Crippen LogP contribution in [0.5, 0.6) is 0 Å². The van der Waals surface area contributed by atoms with Gasteiger partial charge >= 0.3 is 0 Å². The van der Waals surface area contributed by atoms with Gasteiger partial charge in [-0.3, -0.25) is 0 Å². The fourth-order valence-corrected chi connectivity index (χ4v) is 3.85. The monoisotopic (exact) mass is 248 g/mol. The number of hydrogen-bond donors (Lipinski definition) is 0. The highest BCUT2D eigenvalue weighted by atomic mass is 35.5. The zero-order valence-electron chi connectivity index (χ0n) is 10.4. The molecule has 17 heavy (non-hydrogen) atoms. The molecule has 1 saturated carbocycles. The van der Waals surface area contributed by atoms with Crippen molar-refractivity contribution < 1.29 is 0 Å². The Morgan fingerprint density at radius 1 is 1.06 bits per heavy atom.